The molecule has 0 bridgehead atoms. The van der Waals surface area contributed by atoms with Crippen molar-refractivity contribution in [2.45, 2.75) is 18.0 Å². The highest BCUT2D eigenvalue weighted by molar-refractivity contribution is 5.98. The first kappa shape index (κ1) is 13.8. The van der Waals surface area contributed by atoms with Crippen molar-refractivity contribution in [3.8, 4) is 0 Å². The maximum Gasteiger partial charge on any atom is 0.245 e. The summed E-state index contributed by atoms with van der Waals surface area (Å²) >= 11 is 0. The number of carbonyl (C=O) groups is 2. The molecule has 2 unspecified atom stereocenters. The smallest absolute Gasteiger partial charge is 0.245 e. The molecule has 8 nitrogen and oxygen atoms in total. The van der Waals surface area contributed by atoms with Crippen molar-refractivity contribution in [2.75, 3.05) is 32.8 Å². The monoisotopic (exact) mass is 269 g/mol. The fourth-order valence-corrected chi connectivity index (χ4v) is 2.45. The molecule has 0 aromatic carbocycles. The van der Waals surface area contributed by atoms with E-state index in [4.69, 9.17) is 16.2 Å². The molecule has 0 aromatic rings. The molecule has 0 spiro atoms. The van der Waals surface area contributed by atoms with Crippen molar-refractivity contribution < 1.29 is 14.3 Å². The number of rotatable bonds is 5. The van der Waals surface area contributed by atoms with Gasteiger partial charge in [0.1, 0.15) is 5.54 Å². The summed E-state index contributed by atoms with van der Waals surface area (Å²) in [5, 5.41) is 2.82. The number of carbonyl (C=O) groups excluding carboxylic acids is 2. The van der Waals surface area contributed by atoms with Gasteiger partial charge in [0.05, 0.1) is 19.6 Å². The SMILES string of the molecule is NC(=O)C1N=CNC1(CCN1CCOCC1)C(N)=O. The number of hydrogen-bond donors (Lipinski definition) is 3. The zero-order valence-electron chi connectivity index (χ0n) is 10.7. The molecule has 0 radical (unpaired) electrons. The van der Waals surface area contributed by atoms with Gasteiger partial charge in [-0.25, -0.2) is 0 Å². The third-order valence-corrected chi connectivity index (χ3v) is 3.65. The van der Waals surface area contributed by atoms with Crippen molar-refractivity contribution >= 4 is 18.2 Å². The lowest BCUT2D eigenvalue weighted by atomic mass is 9.86. The number of morpholine rings is 1. The fourth-order valence-electron chi connectivity index (χ4n) is 2.45. The first-order valence-electron chi connectivity index (χ1n) is 6.25. The van der Waals surface area contributed by atoms with E-state index in [1.807, 2.05) is 0 Å². The number of primary amides is 2. The summed E-state index contributed by atoms with van der Waals surface area (Å²) in [7, 11) is 0. The van der Waals surface area contributed by atoms with Crippen molar-refractivity contribution in [1.29, 1.82) is 0 Å². The Bertz CT molecular complexity index is 394. The number of ether oxygens (including phenoxy) is 1. The second-order valence-corrected chi connectivity index (χ2v) is 4.77. The van der Waals surface area contributed by atoms with E-state index in [0.29, 0.717) is 26.2 Å². The van der Waals surface area contributed by atoms with Gasteiger partial charge in [0.15, 0.2) is 6.04 Å². The van der Waals surface area contributed by atoms with Crippen LogP contribution >= 0.6 is 0 Å². The predicted octanol–water partition coefficient (Wildman–Crippen LogP) is -2.58. The van der Waals surface area contributed by atoms with Crippen molar-refractivity contribution in [1.82, 2.24) is 10.2 Å². The van der Waals surface area contributed by atoms with E-state index in [0.717, 1.165) is 13.1 Å². The average Bonchev–Trinajstić information content (AvgIpc) is 2.83. The van der Waals surface area contributed by atoms with Gasteiger partial charge >= 0.3 is 0 Å². The van der Waals surface area contributed by atoms with Gasteiger partial charge in [-0.15, -0.1) is 0 Å². The van der Waals surface area contributed by atoms with Gasteiger partial charge in [-0.05, 0) is 6.42 Å². The van der Waals surface area contributed by atoms with E-state index in [1.165, 1.54) is 6.34 Å². The zero-order valence-corrected chi connectivity index (χ0v) is 10.7. The Kier molecular flexibility index (Phi) is 4.01. The normalized spacial score (nSPS) is 31.1. The Morgan fingerprint density at radius 1 is 1.42 bits per heavy atom. The lowest BCUT2D eigenvalue weighted by Gasteiger charge is -2.33. The van der Waals surface area contributed by atoms with Crippen molar-refractivity contribution in [3.63, 3.8) is 0 Å². The van der Waals surface area contributed by atoms with Crippen LogP contribution in [0.15, 0.2) is 4.99 Å². The van der Waals surface area contributed by atoms with Gasteiger partial charge in [-0.1, -0.05) is 0 Å². The molecule has 19 heavy (non-hydrogen) atoms. The topological polar surface area (TPSA) is 123 Å². The fraction of sp³-hybridized carbons (Fsp3) is 0.727. The first-order chi connectivity index (χ1) is 9.06. The highest BCUT2D eigenvalue weighted by Gasteiger charge is 2.49. The first-order valence-corrected chi connectivity index (χ1v) is 6.25. The van der Waals surface area contributed by atoms with E-state index >= 15 is 0 Å². The van der Waals surface area contributed by atoms with Crippen LogP contribution < -0.4 is 16.8 Å². The summed E-state index contributed by atoms with van der Waals surface area (Å²) in [4.78, 5) is 29.2. The van der Waals surface area contributed by atoms with Crippen molar-refractivity contribution in [3.05, 3.63) is 0 Å². The van der Waals surface area contributed by atoms with E-state index < -0.39 is 23.4 Å². The quantitative estimate of drug-likeness (QED) is 0.506. The lowest BCUT2D eigenvalue weighted by molar-refractivity contribution is -0.130. The Morgan fingerprint density at radius 3 is 2.68 bits per heavy atom. The second kappa shape index (κ2) is 5.54. The van der Waals surface area contributed by atoms with Crippen LogP contribution in [0, 0.1) is 0 Å². The minimum atomic E-state index is -1.20. The molecular weight excluding hydrogens is 250 g/mol. The van der Waals surface area contributed by atoms with Gasteiger partial charge in [0, 0.05) is 19.6 Å². The molecule has 2 heterocycles. The van der Waals surface area contributed by atoms with Gasteiger partial charge in [0.25, 0.3) is 0 Å². The summed E-state index contributed by atoms with van der Waals surface area (Å²) < 4.78 is 5.26. The standard InChI is InChI=1S/C11H19N5O3/c12-9(17)8-11(10(13)18,15-7-14-8)1-2-16-3-5-19-6-4-16/h7-8H,1-6H2,(H2,12,17)(H2,13,18)(H,14,15). The van der Waals surface area contributed by atoms with Crippen LogP contribution in [0.5, 0.6) is 0 Å². The lowest BCUT2D eigenvalue weighted by Crippen LogP contribution is -2.63. The number of nitrogens with zero attached hydrogens (tertiary/aromatic N) is 2. The third kappa shape index (κ3) is 2.69. The zero-order chi connectivity index (χ0) is 13.9. The van der Waals surface area contributed by atoms with Gasteiger partial charge in [-0.3, -0.25) is 19.5 Å². The van der Waals surface area contributed by atoms with Crippen LogP contribution in [0.1, 0.15) is 6.42 Å². The maximum absolute atomic E-state index is 11.7. The summed E-state index contributed by atoms with van der Waals surface area (Å²) in [6.45, 7) is 3.58. The van der Waals surface area contributed by atoms with Crippen molar-refractivity contribution in [2.24, 2.45) is 16.5 Å². The van der Waals surface area contributed by atoms with Crippen LogP contribution in [-0.2, 0) is 14.3 Å². The van der Waals surface area contributed by atoms with E-state index in [1.54, 1.807) is 0 Å². The highest BCUT2D eigenvalue weighted by atomic mass is 16.5. The minimum absolute atomic E-state index is 0.385. The molecule has 0 saturated carbocycles. The van der Waals surface area contributed by atoms with Gasteiger partial charge in [-0.2, -0.15) is 0 Å². The predicted molar refractivity (Wildman–Crippen MR) is 68.4 cm³/mol. The molecule has 2 aliphatic rings. The molecule has 2 amide bonds. The second-order valence-electron chi connectivity index (χ2n) is 4.77. The number of hydrogen-bond acceptors (Lipinski definition) is 6. The van der Waals surface area contributed by atoms with Gasteiger partial charge < -0.3 is 21.5 Å². The van der Waals surface area contributed by atoms with Crippen LogP contribution in [-0.4, -0.2) is 67.5 Å². The maximum atomic E-state index is 11.7. The van der Waals surface area contributed by atoms with Crippen LogP contribution in [0.3, 0.4) is 0 Å². The summed E-state index contributed by atoms with van der Waals surface area (Å²) in [6, 6.07) is -0.939. The Morgan fingerprint density at radius 2 is 2.11 bits per heavy atom. The van der Waals surface area contributed by atoms with E-state index in [-0.39, 0.29) is 0 Å². The van der Waals surface area contributed by atoms with E-state index in [2.05, 4.69) is 15.2 Å². The molecule has 0 aromatic heterocycles. The molecule has 2 atom stereocenters. The molecule has 0 aliphatic carbocycles. The number of nitrogens with one attached hydrogen (secondary N) is 1. The Hall–Kier alpha value is -1.67. The number of aliphatic imine (C=N–C) groups is 1. The average molecular weight is 269 g/mol. The van der Waals surface area contributed by atoms with Gasteiger partial charge in [0.2, 0.25) is 11.8 Å². The molecule has 5 N–H and O–H groups in total. The largest absolute Gasteiger partial charge is 0.379 e. The summed E-state index contributed by atoms with van der Waals surface area (Å²) in [5.74, 6) is -1.26. The molecule has 2 rings (SSSR count). The minimum Gasteiger partial charge on any atom is -0.379 e. The van der Waals surface area contributed by atoms with E-state index in [9.17, 15) is 9.59 Å². The number of nitrogens with two attached hydrogens (primary N) is 2. The molecule has 1 fully saturated rings. The molecular formula is C11H19N5O3. The van der Waals surface area contributed by atoms with Crippen LogP contribution in [0.4, 0.5) is 0 Å². The Balaban J connectivity index is 2.03. The summed E-state index contributed by atoms with van der Waals surface area (Å²) in [6.07, 6.45) is 1.72. The highest BCUT2D eigenvalue weighted by Crippen LogP contribution is 2.22. The molecule has 106 valence electrons. The Labute approximate surface area is 111 Å². The summed E-state index contributed by atoms with van der Waals surface area (Å²) in [5.41, 5.74) is 9.53. The van der Waals surface area contributed by atoms with Crippen LogP contribution in [0.2, 0.25) is 0 Å². The molecule has 2 aliphatic heterocycles. The third-order valence-electron chi connectivity index (χ3n) is 3.65. The molecule has 1 saturated heterocycles. The molecule has 8 heteroatoms. The number of amides is 2. The van der Waals surface area contributed by atoms with Crippen LogP contribution in [0.25, 0.3) is 0 Å².